The van der Waals surface area contributed by atoms with Crippen molar-refractivity contribution in [3.05, 3.63) is 0 Å². The molecule has 6 nitrogen and oxygen atoms in total. The Balaban J connectivity index is -0.000000605. The number of aliphatic hydroxyl groups is 6. The van der Waals surface area contributed by atoms with Crippen LogP contribution in [0.3, 0.4) is 0 Å². The van der Waals surface area contributed by atoms with E-state index in [0.717, 1.165) is 0 Å². The van der Waals surface area contributed by atoms with Crippen LogP contribution in [0.25, 0.3) is 0 Å². The third-order valence-corrected chi connectivity index (χ3v) is 1.52. The Morgan fingerprint density at radius 2 is 1.54 bits per heavy atom. The van der Waals surface area contributed by atoms with Crippen molar-refractivity contribution >= 4 is 0 Å². The molecule has 7 heteroatoms. The Hall–Kier alpha value is 0.760. The molecule has 13 heavy (non-hydrogen) atoms. The second kappa shape index (κ2) is 5.59. The first kappa shape index (κ1) is 16.2. The van der Waals surface area contributed by atoms with Crippen molar-refractivity contribution in [2.75, 3.05) is 0 Å². The molecule has 0 heterocycles. The fourth-order valence-corrected chi connectivity index (χ4v) is 0.698. The Bertz CT molecular complexity index is 148. The third-order valence-electron chi connectivity index (χ3n) is 1.52. The van der Waals surface area contributed by atoms with Gasteiger partial charge in [0.1, 0.15) is 6.10 Å². The Labute approximate surface area is 99.2 Å². The van der Waals surface area contributed by atoms with E-state index in [4.69, 9.17) is 30.6 Å². The average Bonchev–Trinajstić information content (AvgIpc) is 1.85. The van der Waals surface area contributed by atoms with Crippen LogP contribution in [0.4, 0.5) is 0 Å². The smallest absolute Gasteiger partial charge is 1.00 e. The van der Waals surface area contributed by atoms with Crippen LogP contribution in [0, 0.1) is 0 Å². The average molecular weight is 206 g/mol. The monoisotopic (exact) mass is 206 g/mol. The Morgan fingerprint density at radius 3 is 1.77 bits per heavy atom. The fraction of sp³-hybridized carbons (Fsp3) is 1.00. The molecule has 0 fully saturated rings. The van der Waals surface area contributed by atoms with E-state index < -0.39 is 17.9 Å². The molecule has 1 atom stereocenters. The zero-order chi connectivity index (χ0) is 9.99. The molecular weight excluding hydrogens is 191 g/mol. The van der Waals surface area contributed by atoms with Gasteiger partial charge in [-0.1, -0.05) is 13.3 Å². The predicted octanol–water partition coefficient (Wildman–Crippen LogP) is -5.42. The van der Waals surface area contributed by atoms with Crippen molar-refractivity contribution in [2.45, 2.75) is 37.6 Å². The summed E-state index contributed by atoms with van der Waals surface area (Å²) in [6, 6.07) is 0. The SMILES string of the molecule is CCCC(O)C(O)(O)C(O)(O)O.[H-].[Na+]. The van der Waals surface area contributed by atoms with Gasteiger partial charge in [-0.05, 0) is 6.42 Å². The second-order valence-corrected chi connectivity index (χ2v) is 2.67. The van der Waals surface area contributed by atoms with Crippen LogP contribution < -0.4 is 29.6 Å². The van der Waals surface area contributed by atoms with Crippen LogP contribution in [0.15, 0.2) is 0 Å². The standard InChI is InChI=1S/C6H14O6.Na.H/c1-2-3-4(7)5(8,9)6(10,11)12;;/h4,7-12H,2-3H2,1H3;;/q;+1;-1. The summed E-state index contributed by atoms with van der Waals surface area (Å²) in [6.45, 7) is 1.65. The molecule has 0 saturated heterocycles. The summed E-state index contributed by atoms with van der Waals surface area (Å²) in [5.41, 5.74) is 0. The van der Waals surface area contributed by atoms with E-state index in [1.807, 2.05) is 0 Å². The van der Waals surface area contributed by atoms with E-state index in [1.165, 1.54) is 0 Å². The van der Waals surface area contributed by atoms with Crippen molar-refractivity contribution < 1.29 is 61.6 Å². The molecule has 1 unspecified atom stereocenters. The van der Waals surface area contributed by atoms with E-state index in [9.17, 15) is 0 Å². The number of rotatable bonds is 4. The molecule has 0 aliphatic carbocycles. The molecule has 0 saturated carbocycles. The molecule has 0 bridgehead atoms. The van der Waals surface area contributed by atoms with E-state index in [2.05, 4.69) is 0 Å². The zero-order valence-corrected chi connectivity index (χ0v) is 9.67. The Morgan fingerprint density at radius 1 is 1.15 bits per heavy atom. The van der Waals surface area contributed by atoms with Crippen LogP contribution in [0.5, 0.6) is 0 Å². The van der Waals surface area contributed by atoms with E-state index >= 15 is 0 Å². The molecule has 0 aromatic carbocycles. The topological polar surface area (TPSA) is 121 Å². The summed E-state index contributed by atoms with van der Waals surface area (Å²) >= 11 is 0. The quantitative estimate of drug-likeness (QED) is 0.202. The Kier molecular flexibility index (Phi) is 6.97. The van der Waals surface area contributed by atoms with Gasteiger partial charge in [-0.2, -0.15) is 0 Å². The summed E-state index contributed by atoms with van der Waals surface area (Å²) in [5, 5.41) is 51.7. The predicted molar refractivity (Wildman–Crippen MR) is 38.6 cm³/mol. The molecule has 0 rings (SSSR count). The molecule has 0 spiro atoms. The summed E-state index contributed by atoms with van der Waals surface area (Å²) in [6.07, 6.45) is -1.49. The maximum absolute atomic E-state index is 8.93. The molecule has 6 N–H and O–H groups in total. The molecule has 0 aromatic heterocycles. The van der Waals surface area contributed by atoms with E-state index in [1.54, 1.807) is 6.92 Å². The van der Waals surface area contributed by atoms with Gasteiger partial charge in [0.2, 0.25) is 0 Å². The van der Waals surface area contributed by atoms with Gasteiger partial charge in [-0.15, -0.1) is 0 Å². The summed E-state index contributed by atoms with van der Waals surface area (Å²) in [5.74, 6) is -7.05. The van der Waals surface area contributed by atoms with Gasteiger partial charge >= 0.3 is 35.5 Å². The van der Waals surface area contributed by atoms with Gasteiger partial charge in [-0.25, -0.2) is 0 Å². The van der Waals surface area contributed by atoms with E-state index in [0.29, 0.717) is 6.42 Å². The number of aliphatic hydroxyl groups excluding tert-OH is 1. The van der Waals surface area contributed by atoms with Crippen molar-refractivity contribution in [3.63, 3.8) is 0 Å². The molecule has 0 aromatic rings. The summed E-state index contributed by atoms with van der Waals surface area (Å²) < 4.78 is 0. The molecule has 0 aliphatic rings. The van der Waals surface area contributed by atoms with Crippen molar-refractivity contribution in [1.82, 2.24) is 0 Å². The fourth-order valence-electron chi connectivity index (χ4n) is 0.698. The van der Waals surface area contributed by atoms with Crippen molar-refractivity contribution in [3.8, 4) is 0 Å². The molecule has 0 radical (unpaired) electrons. The molecule has 76 valence electrons. The molecule has 0 amide bonds. The second-order valence-electron chi connectivity index (χ2n) is 2.67. The van der Waals surface area contributed by atoms with Gasteiger partial charge in [0.05, 0.1) is 0 Å². The molecule has 0 aliphatic heterocycles. The van der Waals surface area contributed by atoms with Gasteiger partial charge in [0.15, 0.2) is 0 Å². The minimum Gasteiger partial charge on any atom is -1.00 e. The maximum Gasteiger partial charge on any atom is 1.00 e. The largest absolute Gasteiger partial charge is 1.00 e. The van der Waals surface area contributed by atoms with Gasteiger partial charge in [0.25, 0.3) is 5.79 Å². The van der Waals surface area contributed by atoms with Gasteiger partial charge < -0.3 is 32.1 Å². The molecular formula is C6H15NaO6. The zero-order valence-electron chi connectivity index (χ0n) is 8.67. The van der Waals surface area contributed by atoms with Crippen molar-refractivity contribution in [2.24, 2.45) is 0 Å². The van der Waals surface area contributed by atoms with Crippen LogP contribution in [0.2, 0.25) is 0 Å². The van der Waals surface area contributed by atoms with E-state index in [-0.39, 0.29) is 37.4 Å². The van der Waals surface area contributed by atoms with Crippen LogP contribution in [-0.4, -0.2) is 48.5 Å². The summed E-state index contributed by atoms with van der Waals surface area (Å²) in [7, 11) is 0. The van der Waals surface area contributed by atoms with Gasteiger partial charge in [0, 0.05) is 0 Å². The van der Waals surface area contributed by atoms with Crippen molar-refractivity contribution in [1.29, 1.82) is 0 Å². The normalized spacial score (nSPS) is 15.0. The van der Waals surface area contributed by atoms with Crippen LogP contribution in [-0.2, 0) is 0 Å². The van der Waals surface area contributed by atoms with Gasteiger partial charge in [-0.3, -0.25) is 0 Å². The third kappa shape index (κ3) is 4.20. The minimum atomic E-state index is -3.72. The first-order chi connectivity index (χ1) is 5.23. The maximum atomic E-state index is 8.93. The first-order valence-corrected chi connectivity index (χ1v) is 3.53. The first-order valence-electron chi connectivity index (χ1n) is 3.53. The summed E-state index contributed by atoms with van der Waals surface area (Å²) in [4.78, 5) is 0. The number of hydrogen-bond donors (Lipinski definition) is 6. The minimum absolute atomic E-state index is 0. The van der Waals surface area contributed by atoms with Crippen LogP contribution in [0.1, 0.15) is 21.2 Å². The van der Waals surface area contributed by atoms with Crippen LogP contribution >= 0.6 is 0 Å². The number of hydrogen-bond acceptors (Lipinski definition) is 6.